The smallest absolute Gasteiger partial charge is 0.408 e. The van der Waals surface area contributed by atoms with Crippen molar-refractivity contribution in [3.63, 3.8) is 0 Å². The summed E-state index contributed by atoms with van der Waals surface area (Å²) >= 11 is 26.3. The maximum Gasteiger partial charge on any atom is 0.408 e. The summed E-state index contributed by atoms with van der Waals surface area (Å²) in [5, 5.41) is 20.7. The maximum absolute atomic E-state index is 14.2. The molecule has 1 heterocycles. The fourth-order valence-electron chi connectivity index (χ4n) is 7.16. The number of halogens is 4. The molecule has 8 nitrogen and oxygen atoms in total. The van der Waals surface area contributed by atoms with Gasteiger partial charge in [-0.05, 0) is 108 Å². The van der Waals surface area contributed by atoms with Gasteiger partial charge in [-0.15, -0.1) is 0 Å². The average molecular weight is 814 g/mol. The second kappa shape index (κ2) is 19.7. The molecule has 3 unspecified atom stereocenters. The fourth-order valence-corrected chi connectivity index (χ4v) is 7.97. The first-order valence-electron chi connectivity index (χ1n) is 18.1. The van der Waals surface area contributed by atoms with Gasteiger partial charge in [-0.25, -0.2) is 4.79 Å². The Morgan fingerprint density at radius 1 is 0.815 bits per heavy atom. The number of nitrogens with one attached hydrogen (secondary N) is 3. The Labute approximate surface area is 336 Å². The molecule has 1 aliphatic heterocycles. The van der Waals surface area contributed by atoms with Gasteiger partial charge in [0.05, 0.1) is 12.6 Å². The van der Waals surface area contributed by atoms with Crippen molar-refractivity contribution in [2.45, 2.75) is 69.6 Å². The molecule has 0 spiro atoms. The lowest BCUT2D eigenvalue weighted by Crippen LogP contribution is -2.51. The van der Waals surface area contributed by atoms with Gasteiger partial charge in [0.25, 0.3) is 0 Å². The van der Waals surface area contributed by atoms with Gasteiger partial charge < -0.3 is 25.8 Å². The molecule has 0 radical (unpaired) electrons. The van der Waals surface area contributed by atoms with E-state index in [1.807, 2.05) is 80.6 Å². The minimum atomic E-state index is -0.997. The molecule has 4 aromatic rings. The van der Waals surface area contributed by atoms with Gasteiger partial charge in [0.15, 0.2) is 0 Å². The first kappa shape index (κ1) is 41.4. The van der Waals surface area contributed by atoms with Crippen molar-refractivity contribution in [1.29, 1.82) is 0 Å². The molecule has 1 aliphatic rings. The number of hydrogen-bond donors (Lipinski definition) is 4. The van der Waals surface area contributed by atoms with E-state index in [9.17, 15) is 19.5 Å². The molecule has 1 saturated heterocycles. The van der Waals surface area contributed by atoms with Gasteiger partial charge in [-0.3, -0.25) is 9.59 Å². The molecule has 0 bridgehead atoms. The van der Waals surface area contributed by atoms with Crippen molar-refractivity contribution >= 4 is 64.3 Å². The first-order valence-corrected chi connectivity index (χ1v) is 19.6. The number of carbonyl (C=O) groups excluding carboxylic acids is 3. The van der Waals surface area contributed by atoms with Crippen molar-refractivity contribution in [1.82, 2.24) is 16.0 Å². The van der Waals surface area contributed by atoms with E-state index in [0.29, 0.717) is 51.5 Å². The van der Waals surface area contributed by atoms with E-state index < -0.39 is 36.1 Å². The van der Waals surface area contributed by atoms with Crippen LogP contribution in [0.3, 0.4) is 0 Å². The maximum atomic E-state index is 14.2. The summed E-state index contributed by atoms with van der Waals surface area (Å²) in [6.07, 6.45) is -0.0852. The highest BCUT2D eigenvalue weighted by molar-refractivity contribution is 6.31. The third kappa shape index (κ3) is 11.6. The molecule has 5 rings (SSSR count). The van der Waals surface area contributed by atoms with Crippen LogP contribution in [0.25, 0.3) is 0 Å². The number of ether oxygens (including phenoxy) is 1. The van der Waals surface area contributed by atoms with Crippen LogP contribution >= 0.6 is 46.4 Å². The van der Waals surface area contributed by atoms with E-state index in [1.54, 1.807) is 30.3 Å². The second-order valence-electron chi connectivity index (χ2n) is 14.2. The number of alkyl carbamates (subject to hydrolysis) is 1. The molecular formula is C42H45Cl4N3O5. The van der Waals surface area contributed by atoms with Crippen LogP contribution in [0.1, 0.15) is 73.3 Å². The summed E-state index contributed by atoms with van der Waals surface area (Å²) in [6.45, 7) is 4.08. The summed E-state index contributed by atoms with van der Waals surface area (Å²) in [7, 11) is 0. The average Bonchev–Trinajstić information content (AvgIpc) is 3.53. The molecule has 286 valence electrons. The first-order chi connectivity index (χ1) is 25.9. The SMILES string of the molecule is CC(C)C[C@H](NC(=O)OC(c1cccc(Cl)c1)C(c1cccc(Cl)c1)C(Cc1cccc(Cl)c1)c1cccc(Cl)c1)C(=O)N[C@H](CO)C[C@@H]1CCNC1=O. The van der Waals surface area contributed by atoms with Crippen LogP contribution in [-0.4, -0.2) is 48.2 Å². The normalized spacial score (nSPS) is 16.9. The second-order valence-corrected chi connectivity index (χ2v) is 15.9. The van der Waals surface area contributed by atoms with Crippen LogP contribution in [0.4, 0.5) is 4.79 Å². The highest BCUT2D eigenvalue weighted by atomic mass is 35.5. The predicted octanol–water partition coefficient (Wildman–Crippen LogP) is 9.30. The number of rotatable bonds is 16. The summed E-state index contributed by atoms with van der Waals surface area (Å²) in [5.41, 5.74) is 3.27. The number of hydrogen-bond acceptors (Lipinski definition) is 5. The van der Waals surface area contributed by atoms with Gasteiger partial charge >= 0.3 is 6.09 Å². The van der Waals surface area contributed by atoms with E-state index in [2.05, 4.69) is 16.0 Å². The molecule has 1 fully saturated rings. The Hall–Kier alpha value is -3.79. The Morgan fingerprint density at radius 3 is 1.96 bits per heavy atom. The van der Waals surface area contributed by atoms with Gasteiger partial charge in [0, 0.05) is 38.5 Å². The van der Waals surface area contributed by atoms with Gasteiger partial charge in [-0.2, -0.15) is 0 Å². The molecule has 4 N–H and O–H groups in total. The third-order valence-corrected chi connectivity index (χ3v) is 10.6. The third-order valence-electron chi connectivity index (χ3n) is 9.64. The molecule has 0 aliphatic carbocycles. The zero-order valence-electron chi connectivity index (χ0n) is 30.1. The van der Waals surface area contributed by atoms with E-state index >= 15 is 0 Å². The molecular weight excluding hydrogens is 768 g/mol. The molecule has 12 heteroatoms. The number of carbonyl (C=O) groups is 3. The Kier molecular flexibility index (Phi) is 15.1. The standard InChI is InChI=1S/C42H45Cl4N3O5/c1-25(2)17-37(41(52)48-35(24-50)23-30-15-16-47-40(30)51)49-42(53)54-39(29-10-6-14-34(46)22-29)38(28-9-5-13-33(45)21-28)36(27-8-4-12-32(44)20-27)19-26-7-3-11-31(43)18-26/h3-14,18,20-22,25,30,35-39,50H,15-17,19,23-24H2,1-2H3,(H,47,51)(H,48,52)(H,49,53)/t30-,35-,36?,37-,38?,39?/m0/s1. The van der Waals surface area contributed by atoms with Crippen molar-refractivity contribution in [3.8, 4) is 0 Å². The number of benzene rings is 4. The molecule has 6 atom stereocenters. The van der Waals surface area contributed by atoms with E-state index in [4.69, 9.17) is 51.1 Å². The lowest BCUT2D eigenvalue weighted by molar-refractivity contribution is -0.126. The fraction of sp³-hybridized carbons (Fsp3) is 0.357. The highest BCUT2D eigenvalue weighted by Crippen LogP contribution is 2.47. The van der Waals surface area contributed by atoms with Crippen LogP contribution in [0.5, 0.6) is 0 Å². The van der Waals surface area contributed by atoms with E-state index in [0.717, 1.165) is 16.7 Å². The lowest BCUT2D eigenvalue weighted by atomic mass is 9.73. The minimum Gasteiger partial charge on any atom is -0.441 e. The van der Waals surface area contributed by atoms with Crippen LogP contribution in [0, 0.1) is 11.8 Å². The van der Waals surface area contributed by atoms with Gasteiger partial charge in [0.2, 0.25) is 11.8 Å². The van der Waals surface area contributed by atoms with E-state index in [1.165, 1.54) is 0 Å². The summed E-state index contributed by atoms with van der Waals surface area (Å²) in [4.78, 5) is 40.1. The van der Waals surface area contributed by atoms with Crippen LogP contribution in [0.15, 0.2) is 97.1 Å². The quantitative estimate of drug-likeness (QED) is 0.0901. The van der Waals surface area contributed by atoms with Crippen molar-refractivity contribution < 1.29 is 24.2 Å². The van der Waals surface area contributed by atoms with Crippen molar-refractivity contribution in [2.75, 3.05) is 13.2 Å². The molecule has 0 aromatic heterocycles. The molecule has 54 heavy (non-hydrogen) atoms. The Morgan fingerprint density at radius 2 is 1.39 bits per heavy atom. The Balaban J connectivity index is 1.54. The zero-order valence-corrected chi connectivity index (χ0v) is 33.1. The summed E-state index contributed by atoms with van der Waals surface area (Å²) in [6, 6.07) is 28.1. The van der Waals surface area contributed by atoms with Gasteiger partial charge in [0.1, 0.15) is 12.1 Å². The summed E-state index contributed by atoms with van der Waals surface area (Å²) < 4.78 is 6.46. The number of aliphatic hydroxyl groups excluding tert-OH is 1. The molecule has 4 aromatic carbocycles. The minimum absolute atomic E-state index is 0.0158. The topological polar surface area (TPSA) is 117 Å². The van der Waals surface area contributed by atoms with Gasteiger partial charge in [-0.1, -0.05) is 109 Å². The number of amides is 3. The number of aliphatic hydroxyl groups is 1. The lowest BCUT2D eigenvalue weighted by Gasteiger charge is -2.35. The van der Waals surface area contributed by atoms with Crippen LogP contribution in [-0.2, 0) is 20.7 Å². The van der Waals surface area contributed by atoms with Crippen LogP contribution < -0.4 is 16.0 Å². The Bertz CT molecular complexity index is 1910. The van der Waals surface area contributed by atoms with Crippen molar-refractivity contribution in [2.24, 2.45) is 11.8 Å². The highest BCUT2D eigenvalue weighted by Gasteiger charge is 2.38. The molecule has 0 saturated carbocycles. The predicted molar refractivity (Wildman–Crippen MR) is 215 cm³/mol. The van der Waals surface area contributed by atoms with E-state index in [-0.39, 0.29) is 36.7 Å². The monoisotopic (exact) mass is 811 g/mol. The molecule has 3 amide bonds. The van der Waals surface area contributed by atoms with Crippen molar-refractivity contribution in [3.05, 3.63) is 139 Å². The van der Waals surface area contributed by atoms with Crippen LogP contribution in [0.2, 0.25) is 20.1 Å². The zero-order chi connectivity index (χ0) is 38.8. The summed E-state index contributed by atoms with van der Waals surface area (Å²) in [5.74, 6) is -1.78. The largest absolute Gasteiger partial charge is 0.441 e.